The monoisotopic (exact) mass is 214 g/mol. The molecule has 0 radical (unpaired) electrons. The minimum absolute atomic E-state index is 0. The first-order chi connectivity index (χ1) is 5.81. The fourth-order valence-corrected chi connectivity index (χ4v) is 2.72. The molecule has 0 fully saturated rings. The van der Waals surface area contributed by atoms with E-state index in [0.717, 1.165) is 17.7 Å². The van der Waals surface area contributed by atoms with Crippen LogP contribution in [0, 0.1) is 11.3 Å². The molecule has 0 amide bonds. The quantitative estimate of drug-likeness (QED) is 0.721. The van der Waals surface area contributed by atoms with Crippen molar-refractivity contribution < 1.29 is 0 Å². The van der Waals surface area contributed by atoms with Crippen molar-refractivity contribution in [3.63, 3.8) is 0 Å². The van der Waals surface area contributed by atoms with Gasteiger partial charge in [0.05, 0.1) is 0 Å². The van der Waals surface area contributed by atoms with Gasteiger partial charge in [0.25, 0.3) is 0 Å². The Hall–Kier alpha value is -0.560. The molecular weight excluding hydrogens is 204 g/mol. The van der Waals surface area contributed by atoms with Gasteiger partial charge in [0.1, 0.15) is 10.9 Å². The van der Waals surface area contributed by atoms with Crippen LogP contribution in [0.2, 0.25) is 0 Å². The first-order valence-electron chi connectivity index (χ1n) is 4.09. The Morgan fingerprint density at radius 3 is 3.00 bits per heavy atom. The molecule has 0 saturated heterocycles. The molecule has 2 rings (SSSR count). The summed E-state index contributed by atoms with van der Waals surface area (Å²) in [7, 11) is 0. The van der Waals surface area contributed by atoms with E-state index in [9.17, 15) is 0 Å². The fraction of sp³-hybridized carbons (Fsp3) is 0.444. The van der Waals surface area contributed by atoms with E-state index in [1.54, 1.807) is 11.3 Å². The highest BCUT2D eigenvalue weighted by molar-refractivity contribution is 7.12. The SMILES string of the molecule is Cl.N#Cc1cc2c(s1)CCCC2N. The zero-order chi connectivity index (χ0) is 8.55. The summed E-state index contributed by atoms with van der Waals surface area (Å²) >= 11 is 1.60. The van der Waals surface area contributed by atoms with Crippen LogP contribution in [-0.2, 0) is 6.42 Å². The predicted molar refractivity (Wildman–Crippen MR) is 56.1 cm³/mol. The average molecular weight is 215 g/mol. The molecule has 0 spiro atoms. The first kappa shape index (κ1) is 10.5. The van der Waals surface area contributed by atoms with Crippen LogP contribution in [0.15, 0.2) is 6.07 Å². The lowest BCUT2D eigenvalue weighted by atomic mass is 9.95. The molecule has 1 aliphatic rings. The van der Waals surface area contributed by atoms with Crippen molar-refractivity contribution in [2.24, 2.45) is 5.73 Å². The topological polar surface area (TPSA) is 49.8 Å². The molecule has 1 heterocycles. The van der Waals surface area contributed by atoms with E-state index in [0.29, 0.717) is 0 Å². The highest BCUT2D eigenvalue weighted by Gasteiger charge is 2.19. The second-order valence-electron chi connectivity index (χ2n) is 3.10. The molecule has 0 saturated carbocycles. The lowest BCUT2D eigenvalue weighted by Gasteiger charge is -2.17. The summed E-state index contributed by atoms with van der Waals surface area (Å²) in [5.41, 5.74) is 7.12. The van der Waals surface area contributed by atoms with Gasteiger partial charge < -0.3 is 5.73 Å². The van der Waals surface area contributed by atoms with E-state index in [4.69, 9.17) is 11.0 Å². The standard InChI is InChI=1S/C9H10N2S.ClH/c10-5-6-4-7-8(11)2-1-3-9(7)12-6;/h4,8H,1-3,11H2;1H. The largest absolute Gasteiger partial charge is 0.324 e. The van der Waals surface area contributed by atoms with Gasteiger partial charge in [-0.3, -0.25) is 0 Å². The van der Waals surface area contributed by atoms with Gasteiger partial charge in [-0.25, -0.2) is 0 Å². The number of halogens is 1. The van der Waals surface area contributed by atoms with Crippen molar-refractivity contribution >= 4 is 23.7 Å². The number of nitriles is 1. The zero-order valence-corrected chi connectivity index (χ0v) is 8.75. The fourth-order valence-electron chi connectivity index (χ4n) is 1.65. The second kappa shape index (κ2) is 4.10. The van der Waals surface area contributed by atoms with E-state index in [2.05, 4.69) is 6.07 Å². The van der Waals surface area contributed by atoms with E-state index < -0.39 is 0 Å². The first-order valence-corrected chi connectivity index (χ1v) is 4.91. The third-order valence-electron chi connectivity index (χ3n) is 2.27. The third kappa shape index (κ3) is 1.86. The Morgan fingerprint density at radius 2 is 2.38 bits per heavy atom. The molecule has 0 aliphatic heterocycles. The van der Waals surface area contributed by atoms with E-state index in [1.165, 1.54) is 16.9 Å². The van der Waals surface area contributed by atoms with Crippen LogP contribution in [0.4, 0.5) is 0 Å². The van der Waals surface area contributed by atoms with Crippen molar-refractivity contribution in [1.29, 1.82) is 5.26 Å². The maximum absolute atomic E-state index is 8.69. The van der Waals surface area contributed by atoms with Crippen LogP contribution in [0.1, 0.15) is 34.2 Å². The Morgan fingerprint density at radius 1 is 1.62 bits per heavy atom. The number of hydrogen-bond donors (Lipinski definition) is 1. The normalized spacial score (nSPS) is 19.8. The maximum Gasteiger partial charge on any atom is 0.110 e. The highest BCUT2D eigenvalue weighted by Crippen LogP contribution is 2.33. The molecule has 0 aromatic carbocycles. The summed E-state index contributed by atoms with van der Waals surface area (Å²) in [5, 5.41) is 8.69. The van der Waals surface area contributed by atoms with E-state index >= 15 is 0 Å². The van der Waals surface area contributed by atoms with E-state index in [-0.39, 0.29) is 18.4 Å². The number of thiophene rings is 1. The Kier molecular flexibility index (Phi) is 3.32. The number of aryl methyl sites for hydroxylation is 1. The molecule has 1 aliphatic carbocycles. The van der Waals surface area contributed by atoms with E-state index in [1.807, 2.05) is 6.07 Å². The van der Waals surface area contributed by atoms with Gasteiger partial charge in [0.2, 0.25) is 0 Å². The van der Waals surface area contributed by atoms with Crippen molar-refractivity contribution in [2.75, 3.05) is 0 Å². The third-order valence-corrected chi connectivity index (χ3v) is 3.39. The molecule has 1 atom stereocenters. The van der Waals surface area contributed by atoms with Crippen LogP contribution in [0.5, 0.6) is 0 Å². The molecule has 2 nitrogen and oxygen atoms in total. The maximum atomic E-state index is 8.69. The Bertz CT molecular complexity index is 340. The minimum Gasteiger partial charge on any atom is -0.324 e. The van der Waals surface area contributed by atoms with Crippen molar-refractivity contribution in [1.82, 2.24) is 0 Å². The predicted octanol–water partition coefficient (Wildman–Crippen LogP) is 2.38. The summed E-state index contributed by atoms with van der Waals surface area (Å²) in [4.78, 5) is 2.13. The van der Waals surface area contributed by atoms with Gasteiger partial charge in [0.15, 0.2) is 0 Å². The summed E-state index contributed by atoms with van der Waals surface area (Å²) in [6.45, 7) is 0. The smallest absolute Gasteiger partial charge is 0.110 e. The van der Waals surface area contributed by atoms with Crippen LogP contribution >= 0.6 is 23.7 Å². The Labute approximate surface area is 87.8 Å². The summed E-state index contributed by atoms with van der Waals surface area (Å²) in [6, 6.07) is 4.29. The highest BCUT2D eigenvalue weighted by atomic mass is 35.5. The van der Waals surface area contributed by atoms with Gasteiger partial charge >= 0.3 is 0 Å². The van der Waals surface area contributed by atoms with Crippen LogP contribution < -0.4 is 5.73 Å². The number of hydrogen-bond acceptors (Lipinski definition) is 3. The van der Waals surface area contributed by atoms with Crippen LogP contribution in [0.25, 0.3) is 0 Å². The van der Waals surface area contributed by atoms with Gasteiger partial charge in [0, 0.05) is 10.9 Å². The molecular formula is C9H11ClN2S. The lowest BCUT2D eigenvalue weighted by molar-refractivity contribution is 0.578. The lowest BCUT2D eigenvalue weighted by Crippen LogP contribution is -2.15. The molecule has 70 valence electrons. The molecule has 1 unspecified atom stereocenters. The van der Waals surface area contributed by atoms with Crippen LogP contribution in [0.3, 0.4) is 0 Å². The van der Waals surface area contributed by atoms with Crippen molar-refractivity contribution in [3.8, 4) is 6.07 Å². The molecule has 2 N–H and O–H groups in total. The summed E-state index contributed by atoms with van der Waals surface area (Å²) < 4.78 is 0. The molecule has 0 bridgehead atoms. The number of nitrogens with zero attached hydrogens (tertiary/aromatic N) is 1. The number of nitrogens with two attached hydrogens (primary N) is 1. The minimum atomic E-state index is 0. The van der Waals surface area contributed by atoms with Gasteiger partial charge in [-0.15, -0.1) is 23.7 Å². The molecule has 1 aromatic rings. The summed E-state index contributed by atoms with van der Waals surface area (Å²) in [6.07, 6.45) is 3.34. The van der Waals surface area contributed by atoms with Gasteiger partial charge in [-0.05, 0) is 30.9 Å². The number of fused-ring (bicyclic) bond motifs is 1. The summed E-state index contributed by atoms with van der Waals surface area (Å²) in [5.74, 6) is 0. The second-order valence-corrected chi connectivity index (χ2v) is 4.24. The van der Waals surface area contributed by atoms with Gasteiger partial charge in [-0.2, -0.15) is 5.26 Å². The van der Waals surface area contributed by atoms with Gasteiger partial charge in [-0.1, -0.05) is 0 Å². The number of rotatable bonds is 0. The van der Waals surface area contributed by atoms with Crippen molar-refractivity contribution in [3.05, 3.63) is 21.4 Å². The Balaban J connectivity index is 0.000000845. The van der Waals surface area contributed by atoms with Crippen LogP contribution in [-0.4, -0.2) is 0 Å². The molecule has 13 heavy (non-hydrogen) atoms. The molecule has 1 aromatic heterocycles. The molecule has 4 heteroatoms. The average Bonchev–Trinajstić information content (AvgIpc) is 2.49. The van der Waals surface area contributed by atoms with Crippen molar-refractivity contribution in [2.45, 2.75) is 25.3 Å². The zero-order valence-electron chi connectivity index (χ0n) is 7.12.